The summed E-state index contributed by atoms with van der Waals surface area (Å²) >= 11 is 0. The highest BCUT2D eigenvalue weighted by molar-refractivity contribution is 5.71. The molecule has 0 spiro atoms. The van der Waals surface area contributed by atoms with Gasteiger partial charge >= 0.3 is 5.97 Å². The van der Waals surface area contributed by atoms with Crippen molar-refractivity contribution in [2.45, 2.75) is 46.1 Å². The van der Waals surface area contributed by atoms with E-state index in [-0.39, 0.29) is 6.42 Å². The summed E-state index contributed by atoms with van der Waals surface area (Å²) in [6.45, 7) is 5.45. The van der Waals surface area contributed by atoms with Gasteiger partial charge in [0.2, 0.25) is 0 Å². The number of hydrogen-bond donors (Lipinski definition) is 1. The quantitative estimate of drug-likeness (QED) is 0.217. The number of unbranched alkanes of at least 4 members (excludes halogenated alkanes) is 1. The van der Waals surface area contributed by atoms with Gasteiger partial charge in [0.15, 0.2) is 0 Å². The first-order valence-corrected chi connectivity index (χ1v) is 12.7. The molecule has 6 nitrogen and oxygen atoms in total. The second kappa shape index (κ2) is 12.3. The number of ether oxygens (including phenoxy) is 2. The van der Waals surface area contributed by atoms with E-state index in [1.165, 1.54) is 5.56 Å². The van der Waals surface area contributed by atoms with Gasteiger partial charge in [0.05, 0.1) is 18.7 Å². The predicted octanol–water partition coefficient (Wildman–Crippen LogP) is 6.84. The number of benzene rings is 3. The first-order chi connectivity index (χ1) is 17.9. The van der Waals surface area contributed by atoms with E-state index in [1.54, 1.807) is 4.68 Å². The van der Waals surface area contributed by atoms with Gasteiger partial charge in [0.1, 0.15) is 18.1 Å². The van der Waals surface area contributed by atoms with Gasteiger partial charge < -0.3 is 14.6 Å². The summed E-state index contributed by atoms with van der Waals surface area (Å²) in [7, 11) is 1.84. The molecule has 0 aliphatic carbocycles. The molecule has 1 heterocycles. The van der Waals surface area contributed by atoms with Crippen LogP contribution in [0.5, 0.6) is 11.5 Å². The highest BCUT2D eigenvalue weighted by Gasteiger charge is 2.10. The summed E-state index contributed by atoms with van der Waals surface area (Å²) in [5, 5.41) is 13.4. The minimum absolute atomic E-state index is 0.0889. The summed E-state index contributed by atoms with van der Waals surface area (Å²) in [4.78, 5) is 10.9. The fourth-order valence-corrected chi connectivity index (χ4v) is 4.11. The molecule has 0 atom stereocenters. The Hall–Kier alpha value is -4.06. The van der Waals surface area contributed by atoms with Crippen LogP contribution < -0.4 is 9.47 Å². The molecule has 1 aromatic heterocycles. The van der Waals surface area contributed by atoms with Crippen LogP contribution >= 0.6 is 0 Å². The molecule has 0 bridgehead atoms. The molecule has 0 aliphatic rings. The zero-order valence-corrected chi connectivity index (χ0v) is 21.7. The minimum atomic E-state index is -0.810. The first-order valence-electron chi connectivity index (χ1n) is 12.7. The summed E-state index contributed by atoms with van der Waals surface area (Å²) < 4.78 is 13.8. The lowest BCUT2D eigenvalue weighted by atomic mass is 10.0. The van der Waals surface area contributed by atoms with Crippen molar-refractivity contribution in [3.63, 3.8) is 0 Å². The van der Waals surface area contributed by atoms with Crippen molar-refractivity contribution >= 4 is 5.97 Å². The molecule has 0 aliphatic heterocycles. The molecule has 0 saturated heterocycles. The molecular formula is C31H34N2O4. The van der Waals surface area contributed by atoms with E-state index in [0.717, 1.165) is 64.6 Å². The second-order valence-corrected chi connectivity index (χ2v) is 9.25. The summed E-state index contributed by atoms with van der Waals surface area (Å²) in [6.07, 6.45) is 2.69. The maximum Gasteiger partial charge on any atom is 0.303 e. The molecule has 0 amide bonds. The number of aromatic nitrogens is 2. The Kier molecular flexibility index (Phi) is 8.62. The normalized spacial score (nSPS) is 10.9. The van der Waals surface area contributed by atoms with Gasteiger partial charge in [-0.2, -0.15) is 5.10 Å². The van der Waals surface area contributed by atoms with Crippen LogP contribution in [0.2, 0.25) is 0 Å². The third-order valence-corrected chi connectivity index (χ3v) is 6.28. The maximum atomic E-state index is 10.9. The van der Waals surface area contributed by atoms with Crippen LogP contribution in [-0.2, 0) is 24.9 Å². The highest BCUT2D eigenvalue weighted by atomic mass is 16.5. The lowest BCUT2D eigenvalue weighted by molar-refractivity contribution is -0.136. The van der Waals surface area contributed by atoms with E-state index in [4.69, 9.17) is 14.6 Å². The van der Waals surface area contributed by atoms with E-state index in [0.29, 0.717) is 13.0 Å². The van der Waals surface area contributed by atoms with Crippen molar-refractivity contribution in [3.8, 4) is 33.9 Å². The third kappa shape index (κ3) is 7.00. The number of rotatable bonds is 12. The molecule has 3 aromatic carbocycles. The fourth-order valence-electron chi connectivity index (χ4n) is 4.11. The fraction of sp³-hybridized carbons (Fsp3) is 0.290. The average molecular weight is 499 g/mol. The molecule has 0 radical (unpaired) electrons. The number of hydrogen-bond acceptors (Lipinski definition) is 4. The van der Waals surface area contributed by atoms with E-state index < -0.39 is 5.97 Å². The number of aryl methyl sites for hydroxylation is 3. The maximum absolute atomic E-state index is 10.9. The van der Waals surface area contributed by atoms with Gasteiger partial charge in [-0.1, -0.05) is 49.2 Å². The lowest BCUT2D eigenvalue weighted by Gasteiger charge is -2.13. The van der Waals surface area contributed by atoms with Gasteiger partial charge in [-0.05, 0) is 73.4 Å². The number of nitrogens with zero attached hydrogens (tertiary/aromatic N) is 2. The van der Waals surface area contributed by atoms with Crippen molar-refractivity contribution in [2.75, 3.05) is 6.61 Å². The molecule has 37 heavy (non-hydrogen) atoms. The molecule has 0 unspecified atom stereocenters. The van der Waals surface area contributed by atoms with Crippen molar-refractivity contribution in [1.82, 2.24) is 9.78 Å². The zero-order valence-electron chi connectivity index (χ0n) is 21.7. The monoisotopic (exact) mass is 498 g/mol. The molecule has 4 rings (SSSR count). The third-order valence-electron chi connectivity index (χ3n) is 6.28. The van der Waals surface area contributed by atoms with Gasteiger partial charge in [-0.15, -0.1) is 0 Å². The largest absolute Gasteiger partial charge is 0.493 e. The van der Waals surface area contributed by atoms with Gasteiger partial charge in [0, 0.05) is 23.9 Å². The van der Waals surface area contributed by atoms with Crippen molar-refractivity contribution in [2.24, 2.45) is 7.05 Å². The molecule has 1 N–H and O–H groups in total. The summed E-state index contributed by atoms with van der Waals surface area (Å²) in [6, 6.07) is 24.5. The van der Waals surface area contributed by atoms with Crippen molar-refractivity contribution in [3.05, 3.63) is 89.6 Å². The Morgan fingerprint density at radius 1 is 0.946 bits per heavy atom. The standard InChI is InChI=1S/C31H34N2O4/c1-4-5-18-36-30-16-6-22(2)19-28(30)24-9-7-23(8-10-24)21-37-27-14-11-25(12-15-27)29-20-26(33(3)32-29)13-17-31(34)35/h6-12,14-16,19-20H,4-5,13,17-18,21H2,1-3H3,(H,34,35). The Balaban J connectivity index is 1.38. The molecule has 4 aromatic rings. The van der Waals surface area contributed by atoms with Crippen LogP contribution in [0.1, 0.15) is 43.0 Å². The number of carboxylic acids is 1. The van der Waals surface area contributed by atoms with Crippen molar-refractivity contribution < 1.29 is 19.4 Å². The predicted molar refractivity (Wildman–Crippen MR) is 146 cm³/mol. The van der Waals surface area contributed by atoms with Crippen LogP contribution in [0.25, 0.3) is 22.4 Å². The summed E-state index contributed by atoms with van der Waals surface area (Å²) in [5.74, 6) is 0.889. The Morgan fingerprint density at radius 2 is 1.68 bits per heavy atom. The second-order valence-electron chi connectivity index (χ2n) is 9.25. The van der Waals surface area contributed by atoms with Crippen LogP contribution in [-0.4, -0.2) is 27.5 Å². The number of carbonyl (C=O) groups is 1. The number of aliphatic carboxylic acids is 1. The van der Waals surface area contributed by atoms with E-state index >= 15 is 0 Å². The minimum Gasteiger partial charge on any atom is -0.493 e. The Labute approximate surface area is 218 Å². The molecule has 6 heteroatoms. The smallest absolute Gasteiger partial charge is 0.303 e. The van der Waals surface area contributed by atoms with Gasteiger partial charge in [0.25, 0.3) is 0 Å². The van der Waals surface area contributed by atoms with E-state index in [1.807, 2.05) is 37.4 Å². The molecular weight excluding hydrogens is 464 g/mol. The van der Waals surface area contributed by atoms with Gasteiger partial charge in [-0.3, -0.25) is 9.48 Å². The van der Waals surface area contributed by atoms with Crippen LogP contribution in [0, 0.1) is 6.92 Å². The van der Waals surface area contributed by atoms with E-state index in [9.17, 15) is 4.79 Å². The Bertz CT molecular complexity index is 1320. The first kappa shape index (κ1) is 26.0. The van der Waals surface area contributed by atoms with Crippen LogP contribution in [0.15, 0.2) is 72.8 Å². The number of carboxylic acid groups (broad SMARTS) is 1. The molecule has 0 saturated carbocycles. The zero-order chi connectivity index (χ0) is 26.2. The van der Waals surface area contributed by atoms with Crippen molar-refractivity contribution in [1.29, 1.82) is 0 Å². The molecule has 192 valence electrons. The SMILES string of the molecule is CCCCOc1ccc(C)cc1-c1ccc(COc2ccc(-c3cc(CCC(=O)O)n(C)n3)cc2)cc1. The Morgan fingerprint density at radius 3 is 2.38 bits per heavy atom. The molecule has 0 fully saturated rings. The highest BCUT2D eigenvalue weighted by Crippen LogP contribution is 2.32. The van der Waals surface area contributed by atoms with Gasteiger partial charge in [-0.25, -0.2) is 0 Å². The van der Waals surface area contributed by atoms with E-state index in [2.05, 4.69) is 61.4 Å². The van der Waals surface area contributed by atoms with Crippen LogP contribution in [0.4, 0.5) is 0 Å². The summed E-state index contributed by atoms with van der Waals surface area (Å²) in [5.41, 5.74) is 7.20. The van der Waals surface area contributed by atoms with Crippen LogP contribution in [0.3, 0.4) is 0 Å². The topological polar surface area (TPSA) is 73.6 Å². The lowest BCUT2D eigenvalue weighted by Crippen LogP contribution is -2.02. The average Bonchev–Trinajstić information content (AvgIpc) is 3.28.